The van der Waals surface area contributed by atoms with Gasteiger partial charge in [-0.3, -0.25) is 4.79 Å². The molecule has 0 N–H and O–H groups in total. The first-order valence-electron chi connectivity index (χ1n) is 5.66. The van der Waals surface area contributed by atoms with Crippen molar-refractivity contribution in [2.75, 3.05) is 18.0 Å². The van der Waals surface area contributed by atoms with Crippen LogP contribution in [0.15, 0.2) is 24.4 Å². The van der Waals surface area contributed by atoms with Crippen molar-refractivity contribution >= 4 is 17.7 Å². The Morgan fingerprint density at radius 3 is 2.88 bits per heavy atom. The number of ketones is 1. The Bertz CT molecular complexity index is 406. The maximum atomic E-state index is 10.9. The Kier molecular flexibility index (Phi) is 3.34. The van der Waals surface area contributed by atoms with Gasteiger partial charge in [-0.25, -0.2) is 4.98 Å². The summed E-state index contributed by atoms with van der Waals surface area (Å²) in [6.07, 6.45) is 7.71. The molecule has 1 aliphatic heterocycles. The minimum atomic E-state index is 0.0659. The predicted molar refractivity (Wildman–Crippen MR) is 65.4 cm³/mol. The highest BCUT2D eigenvalue weighted by atomic mass is 16.1. The molecule has 84 valence electrons. The van der Waals surface area contributed by atoms with Crippen LogP contribution >= 0.6 is 0 Å². The molecule has 0 bridgehead atoms. The molecule has 3 heteroatoms. The number of anilines is 1. The summed E-state index contributed by atoms with van der Waals surface area (Å²) in [5.41, 5.74) is 1.03. The second-order valence-corrected chi connectivity index (χ2v) is 4.05. The van der Waals surface area contributed by atoms with Crippen LogP contribution in [0.1, 0.15) is 25.3 Å². The molecule has 0 unspecified atom stereocenters. The Balaban J connectivity index is 2.26. The van der Waals surface area contributed by atoms with Gasteiger partial charge in [0.25, 0.3) is 0 Å². The molecule has 3 nitrogen and oxygen atoms in total. The topological polar surface area (TPSA) is 33.2 Å². The van der Waals surface area contributed by atoms with E-state index in [0.717, 1.165) is 24.5 Å². The molecule has 0 atom stereocenters. The van der Waals surface area contributed by atoms with E-state index in [1.165, 1.54) is 12.8 Å². The van der Waals surface area contributed by atoms with E-state index in [1.54, 1.807) is 19.2 Å². The highest BCUT2D eigenvalue weighted by Crippen LogP contribution is 2.22. The lowest BCUT2D eigenvalue weighted by molar-refractivity contribution is -0.112. The summed E-state index contributed by atoms with van der Waals surface area (Å²) in [6, 6.07) is 3.90. The fourth-order valence-electron chi connectivity index (χ4n) is 1.94. The van der Waals surface area contributed by atoms with E-state index in [-0.39, 0.29) is 5.78 Å². The number of allylic oxidation sites excluding steroid dienone is 1. The SMILES string of the molecule is CC(=O)/C=C/c1cccnc1N1CCCC1. The fourth-order valence-corrected chi connectivity index (χ4v) is 1.94. The summed E-state index contributed by atoms with van der Waals surface area (Å²) in [5, 5.41) is 0. The zero-order valence-corrected chi connectivity index (χ0v) is 9.52. The van der Waals surface area contributed by atoms with Crippen molar-refractivity contribution in [3.63, 3.8) is 0 Å². The second-order valence-electron chi connectivity index (χ2n) is 4.05. The average Bonchev–Trinajstić information content (AvgIpc) is 2.80. The molecule has 1 aliphatic rings. The predicted octanol–water partition coefficient (Wildman–Crippen LogP) is 2.28. The van der Waals surface area contributed by atoms with Gasteiger partial charge in [-0.2, -0.15) is 0 Å². The Morgan fingerprint density at radius 2 is 2.19 bits per heavy atom. The Morgan fingerprint density at radius 1 is 1.44 bits per heavy atom. The molecular formula is C13H16N2O. The monoisotopic (exact) mass is 216 g/mol. The van der Waals surface area contributed by atoms with E-state index in [4.69, 9.17) is 0 Å². The van der Waals surface area contributed by atoms with Crippen LogP contribution in [-0.2, 0) is 4.79 Å². The Hall–Kier alpha value is -1.64. The zero-order chi connectivity index (χ0) is 11.4. The molecule has 1 aromatic heterocycles. The smallest absolute Gasteiger partial charge is 0.152 e. The van der Waals surface area contributed by atoms with Crippen molar-refractivity contribution < 1.29 is 4.79 Å². The van der Waals surface area contributed by atoms with Crippen LogP contribution in [0.3, 0.4) is 0 Å². The van der Waals surface area contributed by atoms with Gasteiger partial charge in [-0.05, 0) is 44.1 Å². The highest BCUT2D eigenvalue weighted by molar-refractivity contribution is 5.92. The van der Waals surface area contributed by atoms with Crippen molar-refractivity contribution in [3.05, 3.63) is 30.0 Å². The van der Waals surface area contributed by atoms with E-state index in [2.05, 4.69) is 9.88 Å². The maximum Gasteiger partial charge on any atom is 0.152 e. The normalized spacial score (nSPS) is 15.9. The molecule has 0 aliphatic carbocycles. The zero-order valence-electron chi connectivity index (χ0n) is 9.52. The van der Waals surface area contributed by atoms with E-state index in [1.807, 2.05) is 18.2 Å². The lowest BCUT2D eigenvalue weighted by Gasteiger charge is -2.18. The van der Waals surface area contributed by atoms with E-state index < -0.39 is 0 Å². The van der Waals surface area contributed by atoms with Crippen LogP contribution in [0.4, 0.5) is 5.82 Å². The molecular weight excluding hydrogens is 200 g/mol. The standard InChI is InChI=1S/C13H16N2O/c1-11(16)6-7-12-5-4-8-14-13(12)15-9-2-3-10-15/h4-8H,2-3,9-10H2,1H3/b7-6+. The minimum absolute atomic E-state index is 0.0659. The molecule has 1 aromatic rings. The lowest BCUT2D eigenvalue weighted by atomic mass is 10.2. The molecule has 0 radical (unpaired) electrons. The number of carbonyl (C=O) groups is 1. The van der Waals surface area contributed by atoms with Gasteiger partial charge in [-0.1, -0.05) is 0 Å². The second kappa shape index (κ2) is 4.92. The number of nitrogens with zero attached hydrogens (tertiary/aromatic N) is 2. The first-order valence-corrected chi connectivity index (χ1v) is 5.66. The molecule has 0 amide bonds. The quantitative estimate of drug-likeness (QED) is 0.727. The van der Waals surface area contributed by atoms with Crippen molar-refractivity contribution in [2.45, 2.75) is 19.8 Å². The average molecular weight is 216 g/mol. The molecule has 0 spiro atoms. The van der Waals surface area contributed by atoms with Crippen molar-refractivity contribution in [2.24, 2.45) is 0 Å². The summed E-state index contributed by atoms with van der Waals surface area (Å²) in [5.74, 6) is 1.06. The van der Waals surface area contributed by atoms with Gasteiger partial charge in [0.05, 0.1) is 0 Å². The highest BCUT2D eigenvalue weighted by Gasteiger charge is 2.15. The van der Waals surface area contributed by atoms with Gasteiger partial charge in [0.1, 0.15) is 5.82 Å². The number of hydrogen-bond donors (Lipinski definition) is 0. The summed E-state index contributed by atoms with van der Waals surface area (Å²) >= 11 is 0. The molecule has 0 saturated carbocycles. The third-order valence-corrected chi connectivity index (χ3v) is 2.72. The van der Waals surface area contributed by atoms with Gasteiger partial charge in [0.2, 0.25) is 0 Å². The van der Waals surface area contributed by atoms with Gasteiger partial charge in [-0.15, -0.1) is 0 Å². The van der Waals surface area contributed by atoms with Crippen molar-refractivity contribution in [3.8, 4) is 0 Å². The van der Waals surface area contributed by atoms with Crippen LogP contribution in [0, 0.1) is 0 Å². The molecule has 0 aromatic carbocycles. The lowest BCUT2D eigenvalue weighted by Crippen LogP contribution is -2.19. The summed E-state index contributed by atoms with van der Waals surface area (Å²) in [7, 11) is 0. The van der Waals surface area contributed by atoms with Crippen LogP contribution < -0.4 is 4.90 Å². The van der Waals surface area contributed by atoms with Gasteiger partial charge >= 0.3 is 0 Å². The van der Waals surface area contributed by atoms with Gasteiger partial charge < -0.3 is 4.90 Å². The maximum absolute atomic E-state index is 10.9. The number of hydrogen-bond acceptors (Lipinski definition) is 3. The van der Waals surface area contributed by atoms with E-state index in [0.29, 0.717) is 0 Å². The largest absolute Gasteiger partial charge is 0.356 e. The number of rotatable bonds is 3. The summed E-state index contributed by atoms with van der Waals surface area (Å²) in [6.45, 7) is 3.69. The van der Waals surface area contributed by atoms with E-state index >= 15 is 0 Å². The van der Waals surface area contributed by atoms with Gasteiger partial charge in [0.15, 0.2) is 5.78 Å². The third kappa shape index (κ3) is 2.48. The van der Waals surface area contributed by atoms with Crippen LogP contribution in [0.5, 0.6) is 0 Å². The molecule has 2 heterocycles. The van der Waals surface area contributed by atoms with Crippen molar-refractivity contribution in [1.29, 1.82) is 0 Å². The molecule has 1 saturated heterocycles. The first-order chi connectivity index (χ1) is 7.77. The number of carbonyl (C=O) groups excluding carboxylic acids is 1. The number of aromatic nitrogens is 1. The van der Waals surface area contributed by atoms with Crippen LogP contribution in [0.2, 0.25) is 0 Å². The number of pyridine rings is 1. The fraction of sp³-hybridized carbons (Fsp3) is 0.385. The summed E-state index contributed by atoms with van der Waals surface area (Å²) in [4.78, 5) is 17.6. The van der Waals surface area contributed by atoms with E-state index in [9.17, 15) is 4.79 Å². The third-order valence-electron chi connectivity index (χ3n) is 2.72. The first kappa shape index (κ1) is 10.9. The van der Waals surface area contributed by atoms with Crippen molar-refractivity contribution in [1.82, 2.24) is 4.98 Å². The van der Waals surface area contributed by atoms with Crippen LogP contribution in [0.25, 0.3) is 6.08 Å². The molecule has 2 rings (SSSR count). The molecule has 1 fully saturated rings. The van der Waals surface area contributed by atoms with Gasteiger partial charge in [0, 0.05) is 24.8 Å². The minimum Gasteiger partial charge on any atom is -0.356 e. The van der Waals surface area contributed by atoms with Crippen LogP contribution in [-0.4, -0.2) is 23.9 Å². The molecule has 16 heavy (non-hydrogen) atoms. The Labute approximate surface area is 95.8 Å². The summed E-state index contributed by atoms with van der Waals surface area (Å²) < 4.78 is 0.